The molecule has 8 nitrogen and oxygen atoms in total. The van der Waals surface area contributed by atoms with Crippen LogP contribution in [-0.4, -0.2) is 50.5 Å². The topological polar surface area (TPSA) is 110 Å². The number of piperidine rings is 1. The molecule has 3 fully saturated rings. The molecule has 5 atom stereocenters. The molecule has 30 heavy (non-hydrogen) atoms. The smallest absolute Gasteiger partial charge is 0.269 e. The lowest BCUT2D eigenvalue weighted by Gasteiger charge is -2.28. The van der Waals surface area contributed by atoms with Crippen molar-refractivity contribution < 1.29 is 14.4 Å². The van der Waals surface area contributed by atoms with E-state index in [9.17, 15) is 14.4 Å². The Morgan fingerprint density at radius 1 is 1.17 bits per heavy atom. The average molecular weight is 409 g/mol. The van der Waals surface area contributed by atoms with E-state index in [-0.39, 0.29) is 36.1 Å². The fourth-order valence-electron chi connectivity index (χ4n) is 5.32. The first kappa shape index (κ1) is 19.1. The molecule has 5 rings (SSSR count). The van der Waals surface area contributed by atoms with Crippen molar-refractivity contribution in [2.75, 3.05) is 0 Å². The number of rotatable bonds is 5. The third-order valence-electron chi connectivity index (χ3n) is 6.91. The van der Waals surface area contributed by atoms with E-state index in [0.29, 0.717) is 22.7 Å². The summed E-state index contributed by atoms with van der Waals surface area (Å²) in [6, 6.07) is 7.19. The van der Waals surface area contributed by atoms with Crippen LogP contribution in [0.15, 0.2) is 24.3 Å². The molecule has 1 unspecified atom stereocenters. The van der Waals surface area contributed by atoms with Crippen LogP contribution in [-0.2, 0) is 16.1 Å². The number of nitrogens with zero attached hydrogens (tertiary/aromatic N) is 3. The first-order valence-corrected chi connectivity index (χ1v) is 10.8. The van der Waals surface area contributed by atoms with Gasteiger partial charge < -0.3 is 16.0 Å². The number of hydrogen-bond acceptors (Lipinski definition) is 4. The number of carbonyl (C=O) groups excluding carboxylic acids is 3. The number of aromatic nitrogens is 2. The molecule has 0 bridgehead atoms. The summed E-state index contributed by atoms with van der Waals surface area (Å²) in [5.41, 5.74) is 6.31. The van der Waals surface area contributed by atoms with Crippen LogP contribution < -0.4 is 11.1 Å². The second kappa shape index (κ2) is 7.11. The number of amides is 3. The normalized spacial score (nSPS) is 29.8. The molecule has 2 aliphatic carbocycles. The lowest BCUT2D eigenvalue weighted by atomic mass is 10.1. The number of benzene rings is 1. The van der Waals surface area contributed by atoms with Crippen molar-refractivity contribution in [3.8, 4) is 0 Å². The van der Waals surface area contributed by atoms with Crippen LogP contribution in [0.2, 0.25) is 0 Å². The predicted molar refractivity (Wildman–Crippen MR) is 110 cm³/mol. The standard InChI is InChI=1S/C22H27N5O3/c1-12-6-7-14(8-12)24-22(30)18-10-13-9-17(13)27(18)19(28)11-26-16-5-3-2-4-15(16)20(25-26)21(23)29/h2-5,12-14,17-18H,6-11H2,1H3,(H2,23,29)(H,24,30)/t12-,13-,14?,17-,18+/m1/s1. The van der Waals surface area contributed by atoms with E-state index in [4.69, 9.17) is 5.73 Å². The number of nitrogens with two attached hydrogens (primary N) is 1. The van der Waals surface area contributed by atoms with Gasteiger partial charge in [0.15, 0.2) is 5.69 Å². The molecule has 8 heteroatoms. The summed E-state index contributed by atoms with van der Waals surface area (Å²) < 4.78 is 1.53. The molecule has 0 radical (unpaired) electrons. The lowest BCUT2D eigenvalue weighted by molar-refractivity contribution is -0.140. The van der Waals surface area contributed by atoms with E-state index in [2.05, 4.69) is 17.3 Å². The Labute approximate surface area is 174 Å². The summed E-state index contributed by atoms with van der Waals surface area (Å²) in [5, 5.41) is 8.10. The minimum absolute atomic E-state index is 0.0126. The molecule has 2 saturated carbocycles. The van der Waals surface area contributed by atoms with Crippen molar-refractivity contribution in [3.05, 3.63) is 30.0 Å². The molecule has 3 amide bonds. The summed E-state index contributed by atoms with van der Waals surface area (Å²) >= 11 is 0. The molecule has 158 valence electrons. The lowest BCUT2D eigenvalue weighted by Crippen LogP contribution is -2.50. The van der Waals surface area contributed by atoms with E-state index in [1.807, 2.05) is 18.2 Å². The summed E-state index contributed by atoms with van der Waals surface area (Å²) in [7, 11) is 0. The van der Waals surface area contributed by atoms with Crippen molar-refractivity contribution in [1.29, 1.82) is 0 Å². The molecule has 2 heterocycles. The van der Waals surface area contributed by atoms with Crippen LogP contribution in [0, 0.1) is 11.8 Å². The maximum Gasteiger partial charge on any atom is 0.269 e. The number of carbonyl (C=O) groups is 3. The van der Waals surface area contributed by atoms with Gasteiger partial charge in [0.05, 0.1) is 5.52 Å². The number of hydrogen-bond donors (Lipinski definition) is 2. The molecular weight excluding hydrogens is 382 g/mol. The molecule has 3 aliphatic rings. The van der Waals surface area contributed by atoms with Crippen molar-refractivity contribution >= 4 is 28.6 Å². The minimum atomic E-state index is -0.621. The maximum atomic E-state index is 13.2. The van der Waals surface area contributed by atoms with Crippen LogP contribution in [0.25, 0.3) is 10.9 Å². The Balaban J connectivity index is 1.35. The van der Waals surface area contributed by atoms with E-state index >= 15 is 0 Å². The van der Waals surface area contributed by atoms with Crippen LogP contribution in [0.1, 0.15) is 49.5 Å². The Bertz CT molecular complexity index is 1030. The fourth-order valence-corrected chi connectivity index (χ4v) is 5.32. The summed E-state index contributed by atoms with van der Waals surface area (Å²) in [6.45, 7) is 2.20. The summed E-state index contributed by atoms with van der Waals surface area (Å²) in [6.07, 6.45) is 4.85. The zero-order valence-corrected chi connectivity index (χ0v) is 17.1. The van der Waals surface area contributed by atoms with E-state index in [1.54, 1.807) is 11.0 Å². The molecule has 1 aromatic carbocycles. The second-order valence-corrected chi connectivity index (χ2v) is 9.13. The van der Waals surface area contributed by atoms with Crippen LogP contribution in [0.5, 0.6) is 0 Å². The number of nitrogens with one attached hydrogen (secondary N) is 1. The highest BCUT2D eigenvalue weighted by molar-refractivity contribution is 6.04. The highest BCUT2D eigenvalue weighted by atomic mass is 16.2. The highest BCUT2D eigenvalue weighted by Crippen LogP contribution is 2.48. The average Bonchev–Trinajstić information content (AvgIpc) is 3.03. The van der Waals surface area contributed by atoms with E-state index in [0.717, 1.165) is 32.1 Å². The van der Waals surface area contributed by atoms with Gasteiger partial charge in [-0.15, -0.1) is 0 Å². The van der Waals surface area contributed by atoms with Gasteiger partial charge in [-0.2, -0.15) is 5.10 Å². The van der Waals surface area contributed by atoms with Gasteiger partial charge in [-0.25, -0.2) is 0 Å². The van der Waals surface area contributed by atoms with Crippen LogP contribution >= 0.6 is 0 Å². The number of likely N-dealkylation sites (tertiary alicyclic amines) is 1. The maximum absolute atomic E-state index is 13.2. The van der Waals surface area contributed by atoms with Gasteiger partial charge in [0, 0.05) is 17.5 Å². The number of para-hydroxylation sites is 1. The fraction of sp³-hybridized carbons (Fsp3) is 0.545. The van der Waals surface area contributed by atoms with Crippen molar-refractivity contribution in [3.63, 3.8) is 0 Å². The van der Waals surface area contributed by atoms with E-state index in [1.165, 1.54) is 4.68 Å². The Hall–Kier alpha value is -2.90. The van der Waals surface area contributed by atoms with Crippen molar-refractivity contribution in [2.45, 2.75) is 63.7 Å². The molecule has 1 saturated heterocycles. The molecule has 0 spiro atoms. The molecule has 1 aliphatic heterocycles. The third-order valence-corrected chi connectivity index (χ3v) is 6.91. The molecule has 1 aromatic heterocycles. The zero-order chi connectivity index (χ0) is 21.0. The highest BCUT2D eigenvalue weighted by Gasteiger charge is 2.56. The van der Waals surface area contributed by atoms with Gasteiger partial charge >= 0.3 is 0 Å². The molecule has 3 N–H and O–H groups in total. The van der Waals surface area contributed by atoms with Gasteiger partial charge in [0.25, 0.3) is 5.91 Å². The predicted octanol–water partition coefficient (Wildman–Crippen LogP) is 1.43. The largest absolute Gasteiger partial charge is 0.364 e. The summed E-state index contributed by atoms with van der Waals surface area (Å²) in [5.74, 6) is 0.270. The monoisotopic (exact) mass is 409 g/mol. The van der Waals surface area contributed by atoms with Gasteiger partial charge in [-0.3, -0.25) is 19.1 Å². The Morgan fingerprint density at radius 2 is 1.97 bits per heavy atom. The van der Waals surface area contributed by atoms with Crippen molar-refractivity contribution in [1.82, 2.24) is 20.0 Å². The second-order valence-electron chi connectivity index (χ2n) is 9.13. The summed E-state index contributed by atoms with van der Waals surface area (Å²) in [4.78, 5) is 39.7. The van der Waals surface area contributed by atoms with Gasteiger partial charge in [-0.1, -0.05) is 25.1 Å². The van der Waals surface area contributed by atoms with Gasteiger partial charge in [0.1, 0.15) is 12.6 Å². The first-order valence-electron chi connectivity index (χ1n) is 10.8. The molecular formula is C22H27N5O3. The SMILES string of the molecule is C[C@@H]1CCC(NC(=O)[C@@H]2C[C@H]3C[C@H]3N2C(=O)Cn2nc(C(N)=O)c3ccccc32)C1. The van der Waals surface area contributed by atoms with Gasteiger partial charge in [-0.05, 0) is 50.0 Å². The number of primary amides is 1. The minimum Gasteiger partial charge on any atom is -0.364 e. The van der Waals surface area contributed by atoms with Crippen LogP contribution in [0.4, 0.5) is 0 Å². The Kier molecular flexibility index (Phi) is 4.52. The van der Waals surface area contributed by atoms with Crippen LogP contribution in [0.3, 0.4) is 0 Å². The Morgan fingerprint density at radius 3 is 2.70 bits per heavy atom. The van der Waals surface area contributed by atoms with E-state index < -0.39 is 11.9 Å². The van der Waals surface area contributed by atoms with Crippen molar-refractivity contribution in [2.24, 2.45) is 17.6 Å². The molecule has 2 aromatic rings. The number of fused-ring (bicyclic) bond motifs is 2. The third kappa shape index (κ3) is 3.24. The van der Waals surface area contributed by atoms with Gasteiger partial charge in [0.2, 0.25) is 11.8 Å². The quantitative estimate of drug-likeness (QED) is 0.778. The zero-order valence-electron chi connectivity index (χ0n) is 17.1. The first-order chi connectivity index (χ1) is 14.4.